The van der Waals surface area contributed by atoms with Crippen molar-refractivity contribution in [2.24, 2.45) is 5.73 Å². The second kappa shape index (κ2) is 9.11. The molecular weight excluding hydrogens is 489 g/mol. The van der Waals surface area contributed by atoms with Crippen molar-refractivity contribution in [1.82, 2.24) is 19.3 Å². The summed E-state index contributed by atoms with van der Waals surface area (Å²) in [6, 6.07) is 10.6. The number of rotatable bonds is 6. The summed E-state index contributed by atoms with van der Waals surface area (Å²) in [6.07, 6.45) is 4.51. The zero-order valence-electron chi connectivity index (χ0n) is 21.0. The zero-order valence-corrected chi connectivity index (χ0v) is 21.8. The maximum absolute atomic E-state index is 13.4. The van der Waals surface area contributed by atoms with Crippen molar-refractivity contribution >= 4 is 39.5 Å². The number of aryl methyl sites for hydroxylation is 1. The molecule has 1 aromatic carbocycles. The molecule has 2 aliphatic rings. The Morgan fingerprint density at radius 2 is 1.84 bits per heavy atom. The van der Waals surface area contributed by atoms with Crippen LogP contribution in [0.25, 0.3) is 16.9 Å². The summed E-state index contributed by atoms with van der Waals surface area (Å²) in [5.74, 6) is 0.814. The van der Waals surface area contributed by atoms with E-state index >= 15 is 0 Å². The molecule has 3 aromatic heterocycles. The van der Waals surface area contributed by atoms with Gasteiger partial charge in [-0.2, -0.15) is 0 Å². The number of carbonyl (C=O) groups is 1. The first kappa shape index (κ1) is 23.9. The number of thiazole rings is 1. The molecule has 4 heterocycles. The Labute approximate surface area is 219 Å². The van der Waals surface area contributed by atoms with Crippen LogP contribution in [0.15, 0.2) is 48.0 Å². The van der Waals surface area contributed by atoms with Crippen LogP contribution in [0.3, 0.4) is 0 Å². The van der Waals surface area contributed by atoms with Gasteiger partial charge < -0.3 is 20.4 Å². The molecule has 0 spiro atoms. The molecule has 1 saturated heterocycles. The third kappa shape index (κ3) is 4.34. The van der Waals surface area contributed by atoms with E-state index in [2.05, 4.69) is 33.4 Å². The molecule has 6 rings (SSSR count). The van der Waals surface area contributed by atoms with Crippen LogP contribution in [0.4, 0.5) is 21.0 Å². The van der Waals surface area contributed by atoms with Crippen LogP contribution < -0.4 is 15.5 Å². The van der Waals surface area contributed by atoms with E-state index in [0.717, 1.165) is 71.6 Å². The van der Waals surface area contributed by atoms with Crippen molar-refractivity contribution in [3.63, 3.8) is 0 Å². The van der Waals surface area contributed by atoms with Gasteiger partial charge in [-0.1, -0.05) is 6.92 Å². The number of halogens is 1. The molecule has 0 bridgehead atoms. The van der Waals surface area contributed by atoms with E-state index in [-0.39, 0.29) is 11.7 Å². The van der Waals surface area contributed by atoms with Crippen LogP contribution in [0, 0.1) is 5.82 Å². The number of pyridine rings is 1. The lowest BCUT2D eigenvalue weighted by Crippen LogP contribution is -2.54. The highest BCUT2D eigenvalue weighted by atomic mass is 32.1. The van der Waals surface area contributed by atoms with Gasteiger partial charge in [0.05, 0.1) is 22.6 Å². The first-order valence-corrected chi connectivity index (χ1v) is 13.5. The topological polar surface area (TPSA) is 83.0 Å². The highest BCUT2D eigenvalue weighted by Crippen LogP contribution is 2.36. The predicted molar refractivity (Wildman–Crippen MR) is 145 cm³/mol. The fourth-order valence-corrected chi connectivity index (χ4v) is 5.74. The number of nitrogens with two attached hydrogens (primary N) is 1. The molecule has 1 amide bonds. The van der Waals surface area contributed by atoms with Crippen LogP contribution >= 0.6 is 11.3 Å². The van der Waals surface area contributed by atoms with Gasteiger partial charge in [0.2, 0.25) is 5.91 Å². The second-order valence-electron chi connectivity index (χ2n) is 9.87. The number of amides is 1. The van der Waals surface area contributed by atoms with E-state index in [9.17, 15) is 9.18 Å². The molecule has 8 nitrogen and oxygen atoms in total. The Morgan fingerprint density at radius 1 is 1.11 bits per heavy atom. The van der Waals surface area contributed by atoms with Crippen molar-refractivity contribution in [3.05, 3.63) is 59.5 Å². The van der Waals surface area contributed by atoms with Crippen molar-refractivity contribution in [3.8, 4) is 11.3 Å². The van der Waals surface area contributed by atoms with Gasteiger partial charge >= 0.3 is 0 Å². The van der Waals surface area contributed by atoms with Crippen molar-refractivity contribution in [2.75, 3.05) is 43.0 Å². The van der Waals surface area contributed by atoms with Gasteiger partial charge in [-0.05, 0) is 55.7 Å². The standard InChI is InChI=1S/C27H30FN7OS/c1-3-21-24(32(2)26-31-22(17-37-26)18-4-6-19(28)7-5-18)35-16-20(8-9-23(35)30-21)33-12-14-34(15-13-33)25(36)27(29)10-11-27/h4-9,16-17H,3,10-15,29H2,1-2H3. The van der Waals surface area contributed by atoms with Gasteiger partial charge in [-0.15, -0.1) is 11.3 Å². The maximum Gasteiger partial charge on any atom is 0.242 e. The van der Waals surface area contributed by atoms with Crippen LogP contribution in [0.1, 0.15) is 25.5 Å². The van der Waals surface area contributed by atoms with Crippen molar-refractivity contribution in [2.45, 2.75) is 31.7 Å². The third-order valence-electron chi connectivity index (χ3n) is 7.37. The highest BCUT2D eigenvalue weighted by molar-refractivity contribution is 7.14. The van der Waals surface area contributed by atoms with E-state index in [1.165, 1.54) is 12.1 Å². The molecule has 0 radical (unpaired) electrons. The second-order valence-corrected chi connectivity index (χ2v) is 10.7. The Bertz CT molecular complexity index is 1450. The Morgan fingerprint density at radius 3 is 2.51 bits per heavy atom. The lowest BCUT2D eigenvalue weighted by molar-refractivity contribution is -0.133. The molecule has 1 aliphatic heterocycles. The Balaban J connectivity index is 1.26. The van der Waals surface area contributed by atoms with Gasteiger partial charge in [0, 0.05) is 50.4 Å². The molecule has 4 aromatic rings. The third-order valence-corrected chi connectivity index (χ3v) is 8.28. The average Bonchev–Trinajstić information content (AvgIpc) is 3.33. The molecule has 1 aliphatic carbocycles. The first-order chi connectivity index (χ1) is 17.9. The van der Waals surface area contributed by atoms with Gasteiger partial charge in [0.25, 0.3) is 0 Å². The van der Waals surface area contributed by atoms with Gasteiger partial charge in [0.1, 0.15) is 17.3 Å². The minimum atomic E-state index is -0.611. The summed E-state index contributed by atoms with van der Waals surface area (Å²) in [5.41, 5.74) is 10.2. The van der Waals surface area contributed by atoms with Crippen LogP contribution in [0.2, 0.25) is 0 Å². The number of hydrogen-bond donors (Lipinski definition) is 1. The first-order valence-electron chi connectivity index (χ1n) is 12.7. The quantitative estimate of drug-likeness (QED) is 0.414. The van der Waals surface area contributed by atoms with Gasteiger partial charge in [0.15, 0.2) is 5.13 Å². The summed E-state index contributed by atoms with van der Waals surface area (Å²) in [4.78, 5) is 28.7. The monoisotopic (exact) mass is 519 g/mol. The van der Waals surface area contributed by atoms with Crippen molar-refractivity contribution < 1.29 is 9.18 Å². The molecule has 2 N–H and O–H groups in total. The van der Waals surface area contributed by atoms with Crippen LogP contribution in [-0.2, 0) is 11.2 Å². The number of benzene rings is 1. The average molecular weight is 520 g/mol. The van der Waals surface area contributed by atoms with E-state index in [4.69, 9.17) is 15.7 Å². The number of anilines is 3. The summed E-state index contributed by atoms with van der Waals surface area (Å²) in [7, 11) is 2.01. The number of hydrogen-bond acceptors (Lipinski definition) is 7. The summed E-state index contributed by atoms with van der Waals surface area (Å²) in [5, 5.41) is 2.83. The Kier molecular flexibility index (Phi) is 5.88. The smallest absolute Gasteiger partial charge is 0.242 e. The number of fused-ring (bicyclic) bond motifs is 1. The maximum atomic E-state index is 13.4. The number of nitrogens with zero attached hydrogens (tertiary/aromatic N) is 6. The molecule has 0 atom stereocenters. The number of carbonyl (C=O) groups excluding carboxylic acids is 1. The lowest BCUT2D eigenvalue weighted by Gasteiger charge is -2.37. The van der Waals surface area contributed by atoms with E-state index in [1.807, 2.05) is 23.4 Å². The van der Waals surface area contributed by atoms with Gasteiger partial charge in [-0.3, -0.25) is 9.20 Å². The number of imidazole rings is 1. The zero-order chi connectivity index (χ0) is 25.7. The molecular formula is C27H30FN7OS. The minimum Gasteiger partial charge on any atom is -0.367 e. The number of piperazine rings is 1. The molecule has 2 fully saturated rings. The van der Waals surface area contributed by atoms with Crippen molar-refractivity contribution in [1.29, 1.82) is 0 Å². The summed E-state index contributed by atoms with van der Waals surface area (Å²) < 4.78 is 15.5. The molecule has 192 valence electrons. The van der Waals surface area contributed by atoms with Crippen LogP contribution in [0.5, 0.6) is 0 Å². The molecule has 0 unspecified atom stereocenters. The molecule has 37 heavy (non-hydrogen) atoms. The summed E-state index contributed by atoms with van der Waals surface area (Å²) in [6.45, 7) is 4.99. The normalized spacial score (nSPS) is 16.9. The predicted octanol–water partition coefficient (Wildman–Crippen LogP) is 4.07. The Hall–Kier alpha value is -3.50. The largest absolute Gasteiger partial charge is 0.367 e. The SMILES string of the molecule is CCc1nc2ccc(N3CCN(C(=O)C4(N)CC4)CC3)cn2c1N(C)c1nc(-c2ccc(F)cc2)cs1. The fourth-order valence-electron chi connectivity index (χ4n) is 4.94. The molecule has 10 heteroatoms. The fraction of sp³-hybridized carbons (Fsp3) is 0.370. The number of aromatic nitrogens is 3. The van der Waals surface area contributed by atoms with Gasteiger partial charge in [-0.25, -0.2) is 14.4 Å². The highest BCUT2D eigenvalue weighted by Gasteiger charge is 2.48. The van der Waals surface area contributed by atoms with Crippen LogP contribution in [-0.4, -0.2) is 63.9 Å². The van der Waals surface area contributed by atoms with E-state index in [0.29, 0.717) is 13.1 Å². The van der Waals surface area contributed by atoms with E-state index < -0.39 is 5.54 Å². The lowest BCUT2D eigenvalue weighted by atomic mass is 10.2. The minimum absolute atomic E-state index is 0.0946. The summed E-state index contributed by atoms with van der Waals surface area (Å²) >= 11 is 1.55. The van der Waals surface area contributed by atoms with E-state index in [1.54, 1.807) is 23.5 Å². The molecule has 1 saturated carbocycles.